The number of ether oxygens (including phenoxy) is 1. The topological polar surface area (TPSA) is 51.2 Å². The molecule has 132 valence electrons. The molecule has 1 heterocycles. The van der Waals surface area contributed by atoms with Crippen molar-refractivity contribution in [1.29, 1.82) is 0 Å². The van der Waals surface area contributed by atoms with Crippen LogP contribution in [-0.2, 0) is 11.4 Å². The first kappa shape index (κ1) is 18.4. The number of nitrogens with zero attached hydrogens (tertiary/aromatic N) is 1. The Kier molecular flexibility index (Phi) is 6.21. The van der Waals surface area contributed by atoms with Gasteiger partial charge in [-0.05, 0) is 74.4 Å². The van der Waals surface area contributed by atoms with E-state index in [1.807, 2.05) is 24.3 Å². The van der Waals surface area contributed by atoms with Crippen LogP contribution in [0.3, 0.4) is 0 Å². The summed E-state index contributed by atoms with van der Waals surface area (Å²) in [6, 6.07) is 13.5. The maximum Gasteiger partial charge on any atom is 0.250 e. The van der Waals surface area contributed by atoms with Gasteiger partial charge in [0.1, 0.15) is 18.2 Å². The summed E-state index contributed by atoms with van der Waals surface area (Å²) in [6.07, 6.45) is 3.13. The van der Waals surface area contributed by atoms with Crippen LogP contribution in [0.5, 0.6) is 5.75 Å². The molecule has 0 atom stereocenters. The Balaban J connectivity index is 1.52. The number of aromatic nitrogens is 1. The first-order valence-electron chi connectivity index (χ1n) is 7.52. The maximum atomic E-state index is 12.9. The van der Waals surface area contributed by atoms with Crippen molar-refractivity contribution in [2.24, 2.45) is 0 Å². The standard InChI is InChI=1S/C18H13FN2O2S3/c19-14-6-1-13(2-7-14)11-23-15-8-3-12(4-9-15)5-10-16(22)20-17-21-18(24)26-25-17/h1-10H,11H2,(H,20,21,22,24)/b10-5+. The van der Waals surface area contributed by atoms with Crippen molar-refractivity contribution in [3.63, 3.8) is 0 Å². The summed E-state index contributed by atoms with van der Waals surface area (Å²) in [4.78, 5) is 15.8. The zero-order valence-corrected chi connectivity index (χ0v) is 15.8. The lowest BCUT2D eigenvalue weighted by Crippen LogP contribution is -2.07. The summed E-state index contributed by atoms with van der Waals surface area (Å²) in [5.41, 5.74) is 1.75. The largest absolute Gasteiger partial charge is 0.489 e. The molecule has 0 aliphatic heterocycles. The molecule has 1 amide bonds. The second kappa shape index (κ2) is 8.79. The maximum absolute atomic E-state index is 12.9. The van der Waals surface area contributed by atoms with Crippen LogP contribution >= 0.6 is 32.9 Å². The zero-order chi connectivity index (χ0) is 18.4. The summed E-state index contributed by atoms with van der Waals surface area (Å²) in [5, 5.41) is 3.16. The van der Waals surface area contributed by atoms with Crippen molar-refractivity contribution in [2.75, 3.05) is 5.32 Å². The Labute approximate surface area is 162 Å². The van der Waals surface area contributed by atoms with Crippen LogP contribution in [0, 0.1) is 9.77 Å². The Morgan fingerprint density at radius 3 is 2.54 bits per heavy atom. The first-order chi connectivity index (χ1) is 12.6. The van der Waals surface area contributed by atoms with Crippen molar-refractivity contribution >= 4 is 50.0 Å². The summed E-state index contributed by atoms with van der Waals surface area (Å²) in [5.74, 6) is 0.158. The fourth-order valence-corrected chi connectivity index (χ4v) is 3.85. The van der Waals surface area contributed by atoms with E-state index < -0.39 is 0 Å². The first-order valence-corrected chi connectivity index (χ1v) is 10.1. The average Bonchev–Trinajstić information content (AvgIpc) is 3.05. The van der Waals surface area contributed by atoms with Gasteiger partial charge in [-0.1, -0.05) is 24.3 Å². The number of nitrogens with one attached hydrogen (secondary N) is 1. The summed E-state index contributed by atoms with van der Waals surface area (Å²) < 4.78 is 19.0. The highest BCUT2D eigenvalue weighted by Gasteiger charge is 2.02. The van der Waals surface area contributed by atoms with Gasteiger partial charge >= 0.3 is 0 Å². The van der Waals surface area contributed by atoms with Gasteiger partial charge in [0.2, 0.25) is 11.0 Å². The highest BCUT2D eigenvalue weighted by atomic mass is 32.9. The molecule has 3 aromatic rings. The van der Waals surface area contributed by atoms with E-state index >= 15 is 0 Å². The van der Waals surface area contributed by atoms with Gasteiger partial charge in [0.05, 0.1) is 0 Å². The molecule has 4 nitrogen and oxygen atoms in total. The monoisotopic (exact) mass is 404 g/mol. The van der Waals surface area contributed by atoms with E-state index in [-0.39, 0.29) is 11.7 Å². The number of hydrogen-bond acceptors (Lipinski definition) is 6. The average molecular weight is 405 g/mol. The highest BCUT2D eigenvalue weighted by molar-refractivity contribution is 7.79. The number of carbonyl (C=O) groups is 1. The molecule has 0 spiro atoms. The number of benzene rings is 2. The van der Waals surface area contributed by atoms with Gasteiger partial charge in [-0.3, -0.25) is 10.1 Å². The zero-order valence-electron chi connectivity index (χ0n) is 13.3. The van der Waals surface area contributed by atoms with Crippen LogP contribution < -0.4 is 10.1 Å². The fraction of sp³-hybridized carbons (Fsp3) is 0.0556. The van der Waals surface area contributed by atoms with E-state index in [1.54, 1.807) is 18.2 Å². The van der Waals surface area contributed by atoms with Crippen LogP contribution in [0.4, 0.5) is 9.52 Å². The van der Waals surface area contributed by atoms with Crippen molar-refractivity contribution < 1.29 is 13.9 Å². The lowest BCUT2D eigenvalue weighted by atomic mass is 10.2. The molecule has 0 bridgehead atoms. The third kappa shape index (κ3) is 5.55. The van der Waals surface area contributed by atoms with Gasteiger partial charge in [0, 0.05) is 6.08 Å². The minimum Gasteiger partial charge on any atom is -0.489 e. The van der Waals surface area contributed by atoms with Gasteiger partial charge < -0.3 is 4.74 Å². The second-order valence-electron chi connectivity index (χ2n) is 5.16. The molecular weight excluding hydrogens is 391 g/mol. The van der Waals surface area contributed by atoms with Crippen LogP contribution in [0.2, 0.25) is 0 Å². The van der Waals surface area contributed by atoms with E-state index in [9.17, 15) is 9.18 Å². The number of rotatable bonds is 6. The summed E-state index contributed by atoms with van der Waals surface area (Å²) in [6.45, 7) is 0.359. The van der Waals surface area contributed by atoms with Gasteiger partial charge in [0.15, 0.2) is 3.95 Å². The van der Waals surface area contributed by atoms with E-state index in [0.717, 1.165) is 11.1 Å². The molecule has 0 radical (unpaired) electrons. The Bertz CT molecular complexity index is 963. The fourth-order valence-electron chi connectivity index (χ4n) is 1.99. The molecule has 1 aromatic heterocycles. The smallest absolute Gasteiger partial charge is 0.250 e. The van der Waals surface area contributed by atoms with Crippen LogP contribution in [0.15, 0.2) is 54.6 Å². The van der Waals surface area contributed by atoms with Crippen molar-refractivity contribution in [1.82, 2.24) is 4.98 Å². The van der Waals surface area contributed by atoms with Crippen LogP contribution in [0.1, 0.15) is 11.1 Å². The molecule has 0 unspecified atom stereocenters. The molecule has 0 aliphatic rings. The number of hydrogen-bond donors (Lipinski definition) is 1. The van der Waals surface area contributed by atoms with Crippen LogP contribution in [-0.4, -0.2) is 10.9 Å². The van der Waals surface area contributed by atoms with Gasteiger partial charge in [0.25, 0.3) is 0 Å². The third-order valence-electron chi connectivity index (χ3n) is 3.24. The molecular formula is C18H13FN2O2S3. The summed E-state index contributed by atoms with van der Waals surface area (Å²) in [7, 11) is 2.67. The lowest BCUT2D eigenvalue weighted by Gasteiger charge is -2.06. The number of amides is 1. The van der Waals surface area contributed by atoms with Crippen LogP contribution in [0.25, 0.3) is 6.08 Å². The Morgan fingerprint density at radius 2 is 1.88 bits per heavy atom. The normalized spacial score (nSPS) is 10.8. The third-order valence-corrected chi connectivity index (χ3v) is 5.76. The molecule has 2 aromatic carbocycles. The molecule has 0 saturated carbocycles. The molecule has 0 aliphatic carbocycles. The van der Waals surface area contributed by atoms with Gasteiger partial charge in [-0.2, -0.15) is 4.98 Å². The molecule has 8 heteroatoms. The van der Waals surface area contributed by atoms with Crippen molar-refractivity contribution in [3.05, 3.63) is 75.5 Å². The Hall–Kier alpha value is -2.42. The highest BCUT2D eigenvalue weighted by Crippen LogP contribution is 2.19. The number of carbonyl (C=O) groups excluding carboxylic acids is 1. The van der Waals surface area contributed by atoms with Crippen molar-refractivity contribution in [3.8, 4) is 5.75 Å². The second-order valence-corrected chi connectivity index (χ2v) is 7.91. The quantitative estimate of drug-likeness (QED) is 0.344. The Morgan fingerprint density at radius 1 is 1.15 bits per heavy atom. The molecule has 26 heavy (non-hydrogen) atoms. The molecule has 1 N–H and O–H groups in total. The SMILES string of the molecule is O=C(/C=C/c1ccc(OCc2ccc(F)cc2)cc1)Nc1nc(=S)ss1. The van der Waals surface area contributed by atoms with E-state index in [2.05, 4.69) is 10.3 Å². The van der Waals surface area contributed by atoms with E-state index in [0.29, 0.717) is 21.4 Å². The van der Waals surface area contributed by atoms with Crippen molar-refractivity contribution in [2.45, 2.75) is 6.61 Å². The minimum absolute atomic E-state index is 0.266. The molecule has 0 saturated heterocycles. The number of anilines is 1. The van der Waals surface area contributed by atoms with Gasteiger partial charge in [-0.15, -0.1) is 0 Å². The number of halogens is 1. The van der Waals surface area contributed by atoms with E-state index in [4.69, 9.17) is 17.0 Å². The molecule has 0 fully saturated rings. The van der Waals surface area contributed by atoms with E-state index in [1.165, 1.54) is 38.9 Å². The lowest BCUT2D eigenvalue weighted by molar-refractivity contribution is -0.111. The summed E-state index contributed by atoms with van der Waals surface area (Å²) >= 11 is 4.92. The predicted octanol–water partition coefficient (Wildman–Crippen LogP) is 5.30. The predicted molar refractivity (Wildman–Crippen MR) is 106 cm³/mol. The van der Waals surface area contributed by atoms with Gasteiger partial charge in [-0.25, -0.2) is 4.39 Å². The minimum atomic E-state index is -0.269. The molecule has 3 rings (SSSR count).